The molecule has 0 saturated heterocycles. The molecular formula is C13H19N5O. The molecule has 102 valence electrons. The molecular weight excluding hydrogens is 242 g/mol. The molecule has 0 bridgehead atoms. The average molecular weight is 261 g/mol. The van der Waals surface area contributed by atoms with E-state index in [0.29, 0.717) is 5.82 Å². The van der Waals surface area contributed by atoms with E-state index in [9.17, 15) is 0 Å². The van der Waals surface area contributed by atoms with Gasteiger partial charge < -0.3 is 20.3 Å². The first-order valence-electron chi connectivity index (χ1n) is 6.26. The van der Waals surface area contributed by atoms with Gasteiger partial charge in [-0.05, 0) is 19.4 Å². The molecule has 19 heavy (non-hydrogen) atoms. The van der Waals surface area contributed by atoms with Crippen molar-refractivity contribution in [3.8, 4) is 0 Å². The molecule has 0 radical (unpaired) electrons. The molecule has 3 N–H and O–H groups in total. The maximum absolute atomic E-state index is 8.87. The van der Waals surface area contributed by atoms with E-state index < -0.39 is 0 Å². The monoisotopic (exact) mass is 261 g/mol. The maximum atomic E-state index is 8.87. The van der Waals surface area contributed by atoms with Gasteiger partial charge in [0.25, 0.3) is 0 Å². The van der Waals surface area contributed by atoms with Crippen LogP contribution in [-0.4, -0.2) is 40.3 Å². The number of nitrogens with one attached hydrogen (secondary N) is 2. The average Bonchev–Trinajstić information content (AvgIpc) is 2.88. The number of nitrogens with zero attached hydrogens (tertiary/aromatic N) is 3. The Bertz CT molecular complexity index is 512. The van der Waals surface area contributed by atoms with Crippen LogP contribution in [0.5, 0.6) is 0 Å². The number of rotatable bonds is 6. The molecule has 6 nitrogen and oxygen atoms in total. The second-order valence-electron chi connectivity index (χ2n) is 4.38. The third-order valence-corrected chi connectivity index (χ3v) is 2.74. The molecule has 0 spiro atoms. The number of hydrogen-bond acceptors (Lipinski definition) is 5. The zero-order chi connectivity index (χ0) is 13.7. The predicted octanol–water partition coefficient (Wildman–Crippen LogP) is 1.68. The first-order valence-corrected chi connectivity index (χ1v) is 6.26. The van der Waals surface area contributed by atoms with Crippen LogP contribution in [0.4, 0.5) is 17.3 Å². The number of H-pyrrole nitrogens is 1. The minimum absolute atomic E-state index is 0.183. The Morgan fingerprint density at radius 3 is 2.95 bits per heavy atom. The summed E-state index contributed by atoms with van der Waals surface area (Å²) in [5, 5.41) is 12.1. The van der Waals surface area contributed by atoms with Gasteiger partial charge in [0, 0.05) is 38.7 Å². The highest BCUT2D eigenvalue weighted by atomic mass is 16.3. The minimum Gasteiger partial charge on any atom is -0.396 e. The molecule has 0 fully saturated rings. The smallest absolute Gasteiger partial charge is 0.136 e. The molecule has 0 aliphatic heterocycles. The fourth-order valence-corrected chi connectivity index (χ4v) is 1.78. The second kappa shape index (κ2) is 6.19. The Morgan fingerprint density at radius 1 is 1.42 bits per heavy atom. The number of aliphatic hydroxyl groups excluding tert-OH is 1. The van der Waals surface area contributed by atoms with Gasteiger partial charge in [-0.25, -0.2) is 9.97 Å². The van der Waals surface area contributed by atoms with Crippen LogP contribution in [0.15, 0.2) is 24.5 Å². The van der Waals surface area contributed by atoms with Gasteiger partial charge in [-0.2, -0.15) is 0 Å². The summed E-state index contributed by atoms with van der Waals surface area (Å²) in [6.07, 6.45) is 4.44. The Kier molecular flexibility index (Phi) is 4.35. The lowest BCUT2D eigenvalue weighted by Gasteiger charge is -2.18. The third kappa shape index (κ3) is 3.69. The molecule has 0 amide bonds. The van der Waals surface area contributed by atoms with E-state index in [1.54, 1.807) is 0 Å². The van der Waals surface area contributed by atoms with Gasteiger partial charge in [0.05, 0.1) is 5.69 Å². The second-order valence-corrected chi connectivity index (χ2v) is 4.38. The molecule has 0 aromatic carbocycles. The summed E-state index contributed by atoms with van der Waals surface area (Å²) in [6.45, 7) is 2.81. The molecule has 2 aromatic heterocycles. The highest BCUT2D eigenvalue weighted by Gasteiger charge is 2.06. The number of hydrogen-bond donors (Lipinski definition) is 3. The summed E-state index contributed by atoms with van der Waals surface area (Å²) >= 11 is 0. The van der Waals surface area contributed by atoms with Crippen molar-refractivity contribution in [1.29, 1.82) is 0 Å². The molecule has 2 aromatic rings. The van der Waals surface area contributed by atoms with Crippen molar-refractivity contribution < 1.29 is 5.11 Å². The Balaban J connectivity index is 2.14. The van der Waals surface area contributed by atoms with Crippen molar-refractivity contribution in [3.63, 3.8) is 0 Å². The first-order chi connectivity index (χ1) is 9.19. The van der Waals surface area contributed by atoms with Crippen LogP contribution in [-0.2, 0) is 0 Å². The molecule has 0 aliphatic carbocycles. The van der Waals surface area contributed by atoms with Crippen LogP contribution in [0.3, 0.4) is 0 Å². The zero-order valence-corrected chi connectivity index (χ0v) is 11.2. The van der Waals surface area contributed by atoms with Crippen LogP contribution < -0.4 is 10.2 Å². The summed E-state index contributed by atoms with van der Waals surface area (Å²) in [7, 11) is 1.96. The number of aliphatic hydroxyl groups is 1. The van der Waals surface area contributed by atoms with Crippen LogP contribution >= 0.6 is 0 Å². The molecule has 0 atom stereocenters. The number of aromatic nitrogens is 3. The number of aryl methyl sites for hydroxylation is 1. The zero-order valence-electron chi connectivity index (χ0n) is 11.2. The molecule has 2 heterocycles. The van der Waals surface area contributed by atoms with Crippen LogP contribution in [0.1, 0.15) is 12.2 Å². The number of aromatic amines is 1. The van der Waals surface area contributed by atoms with Gasteiger partial charge in [0.2, 0.25) is 0 Å². The number of anilines is 3. The van der Waals surface area contributed by atoms with Crippen molar-refractivity contribution in [2.24, 2.45) is 0 Å². The molecule has 0 aliphatic rings. The van der Waals surface area contributed by atoms with Crippen molar-refractivity contribution in [1.82, 2.24) is 15.0 Å². The molecule has 2 rings (SSSR count). The fourth-order valence-electron chi connectivity index (χ4n) is 1.78. The molecule has 6 heteroatoms. The Labute approximate surface area is 112 Å². The summed E-state index contributed by atoms with van der Waals surface area (Å²) in [4.78, 5) is 13.8. The summed E-state index contributed by atoms with van der Waals surface area (Å²) in [6, 6.07) is 3.84. The fraction of sp³-hybridized carbons (Fsp3) is 0.385. The van der Waals surface area contributed by atoms with Gasteiger partial charge in [0.15, 0.2) is 0 Å². The van der Waals surface area contributed by atoms with E-state index >= 15 is 0 Å². The Hall–Kier alpha value is -2.08. The van der Waals surface area contributed by atoms with E-state index in [4.69, 9.17) is 5.11 Å². The van der Waals surface area contributed by atoms with Crippen molar-refractivity contribution in [2.45, 2.75) is 13.3 Å². The lowest BCUT2D eigenvalue weighted by atomic mass is 10.4. The minimum atomic E-state index is 0.183. The summed E-state index contributed by atoms with van der Waals surface area (Å²) in [5.41, 5.74) is 0.960. The summed E-state index contributed by atoms with van der Waals surface area (Å²) < 4.78 is 0. The highest BCUT2D eigenvalue weighted by Crippen LogP contribution is 2.18. The summed E-state index contributed by atoms with van der Waals surface area (Å²) in [5.74, 6) is 2.32. The van der Waals surface area contributed by atoms with E-state index in [1.807, 2.05) is 43.4 Å². The van der Waals surface area contributed by atoms with E-state index in [1.165, 1.54) is 0 Å². The van der Waals surface area contributed by atoms with E-state index in [0.717, 1.165) is 30.3 Å². The topological polar surface area (TPSA) is 77.1 Å². The van der Waals surface area contributed by atoms with Gasteiger partial charge in [-0.15, -0.1) is 0 Å². The third-order valence-electron chi connectivity index (χ3n) is 2.74. The highest BCUT2D eigenvalue weighted by molar-refractivity contribution is 5.58. The van der Waals surface area contributed by atoms with Crippen molar-refractivity contribution >= 4 is 17.3 Å². The largest absolute Gasteiger partial charge is 0.396 e. The van der Waals surface area contributed by atoms with Crippen molar-refractivity contribution in [2.75, 3.05) is 30.4 Å². The lowest BCUT2D eigenvalue weighted by molar-refractivity contribution is 0.290. The van der Waals surface area contributed by atoms with E-state index in [2.05, 4.69) is 20.3 Å². The SMILES string of the molecule is Cc1nc(Nc2cc[nH]c2)cc(N(C)CCCO)n1. The van der Waals surface area contributed by atoms with Crippen LogP contribution in [0.25, 0.3) is 0 Å². The van der Waals surface area contributed by atoms with Crippen molar-refractivity contribution in [3.05, 3.63) is 30.4 Å². The molecule has 0 saturated carbocycles. The van der Waals surface area contributed by atoms with Gasteiger partial charge >= 0.3 is 0 Å². The quantitative estimate of drug-likeness (QED) is 0.737. The van der Waals surface area contributed by atoms with Crippen LogP contribution in [0.2, 0.25) is 0 Å². The lowest BCUT2D eigenvalue weighted by Crippen LogP contribution is -2.21. The van der Waals surface area contributed by atoms with E-state index in [-0.39, 0.29) is 6.61 Å². The van der Waals surface area contributed by atoms with Crippen LogP contribution in [0, 0.1) is 6.92 Å². The molecule has 0 unspecified atom stereocenters. The van der Waals surface area contributed by atoms with Gasteiger partial charge in [-0.1, -0.05) is 0 Å². The standard InChI is InChI=1S/C13H19N5O/c1-10-15-12(17-11-4-5-14-9-11)8-13(16-10)18(2)6-3-7-19/h4-5,8-9,14,19H,3,6-7H2,1-2H3,(H,15,16,17). The van der Waals surface area contributed by atoms with Gasteiger partial charge in [-0.3, -0.25) is 0 Å². The Morgan fingerprint density at radius 2 is 2.26 bits per heavy atom. The maximum Gasteiger partial charge on any atom is 0.136 e. The predicted molar refractivity (Wildman–Crippen MR) is 75.8 cm³/mol. The normalized spacial score (nSPS) is 10.5. The first kappa shape index (κ1) is 13.4. The van der Waals surface area contributed by atoms with Gasteiger partial charge in [0.1, 0.15) is 17.5 Å².